The van der Waals surface area contributed by atoms with Crippen LogP contribution < -0.4 is 9.47 Å². The molecule has 220 valence electrons. The van der Waals surface area contributed by atoms with E-state index in [1.165, 1.54) is 12.1 Å². The second-order valence-electron chi connectivity index (χ2n) is 9.13. The minimum Gasteiger partial charge on any atom is -0.429 e. The van der Waals surface area contributed by atoms with E-state index in [1.54, 1.807) is 6.07 Å². The van der Waals surface area contributed by atoms with Crippen LogP contribution in [0, 0.1) is 23.3 Å². The lowest BCUT2D eigenvalue weighted by molar-refractivity contribution is -0.275. The van der Waals surface area contributed by atoms with Gasteiger partial charge in [-0.2, -0.15) is 8.78 Å². The number of hydrogen-bond donors (Lipinski definition) is 0. The Balaban J connectivity index is 1.51. The van der Waals surface area contributed by atoms with Gasteiger partial charge < -0.3 is 9.47 Å². The summed E-state index contributed by atoms with van der Waals surface area (Å²) >= 11 is 0. The lowest BCUT2D eigenvalue weighted by Crippen LogP contribution is -2.22. The van der Waals surface area contributed by atoms with E-state index in [0.717, 1.165) is 36.1 Å². The normalized spacial score (nSPS) is 12.1. The molecule has 0 radical (unpaired) electrons. The standard InChI is InChI=1S/C31H21F9O2/c1-2-3-18-4-6-19(7-5-18)20-8-10-23(25(32)14-20)21-15-26(33)24(27(34)16-21)12-13-30(36,37)41-22-9-11-29(28(35)17-22)42-31(38,39)40/h4-17H,2-3H2,1H3. The number of alkyl halides is 5. The van der Waals surface area contributed by atoms with Crippen molar-refractivity contribution in [3.8, 4) is 33.8 Å². The predicted molar refractivity (Wildman–Crippen MR) is 139 cm³/mol. The van der Waals surface area contributed by atoms with E-state index in [0.29, 0.717) is 23.8 Å². The summed E-state index contributed by atoms with van der Waals surface area (Å²) in [5.41, 5.74) is 1.23. The largest absolute Gasteiger partial charge is 0.573 e. The van der Waals surface area contributed by atoms with Crippen molar-refractivity contribution >= 4 is 6.08 Å². The number of ether oxygens (including phenoxy) is 2. The van der Waals surface area contributed by atoms with Crippen LogP contribution in [0.5, 0.6) is 11.5 Å². The molecular formula is C31H21F9O2. The summed E-state index contributed by atoms with van der Waals surface area (Å²) < 4.78 is 131. The molecule has 0 N–H and O–H groups in total. The van der Waals surface area contributed by atoms with Gasteiger partial charge >= 0.3 is 12.5 Å². The first-order valence-electron chi connectivity index (χ1n) is 12.4. The van der Waals surface area contributed by atoms with Gasteiger partial charge in [0, 0.05) is 23.3 Å². The molecule has 4 rings (SSSR count). The van der Waals surface area contributed by atoms with Gasteiger partial charge in [0.2, 0.25) is 0 Å². The van der Waals surface area contributed by atoms with Gasteiger partial charge in [-0.3, -0.25) is 0 Å². The van der Waals surface area contributed by atoms with Crippen molar-refractivity contribution in [1.29, 1.82) is 0 Å². The molecule has 11 heteroatoms. The maximum atomic E-state index is 15.0. The molecule has 0 aromatic heterocycles. The van der Waals surface area contributed by atoms with Crippen molar-refractivity contribution in [2.24, 2.45) is 0 Å². The Morgan fingerprint density at radius 2 is 1.26 bits per heavy atom. The second kappa shape index (κ2) is 12.2. The lowest BCUT2D eigenvalue weighted by atomic mass is 9.97. The van der Waals surface area contributed by atoms with Crippen molar-refractivity contribution in [1.82, 2.24) is 0 Å². The third-order valence-electron chi connectivity index (χ3n) is 6.01. The Morgan fingerprint density at radius 3 is 1.83 bits per heavy atom. The zero-order valence-corrected chi connectivity index (χ0v) is 21.7. The Morgan fingerprint density at radius 1 is 0.643 bits per heavy atom. The zero-order valence-electron chi connectivity index (χ0n) is 21.7. The molecule has 0 bridgehead atoms. The topological polar surface area (TPSA) is 18.5 Å². The van der Waals surface area contributed by atoms with Crippen LogP contribution in [0.15, 0.2) is 78.9 Å². The van der Waals surface area contributed by atoms with E-state index in [9.17, 15) is 39.5 Å². The minimum atomic E-state index is -5.21. The molecule has 42 heavy (non-hydrogen) atoms. The number of hydrogen-bond acceptors (Lipinski definition) is 2. The van der Waals surface area contributed by atoms with Crippen molar-refractivity contribution < 1.29 is 49.0 Å². The number of halogens is 9. The van der Waals surface area contributed by atoms with Gasteiger partial charge in [-0.25, -0.2) is 17.6 Å². The van der Waals surface area contributed by atoms with Gasteiger partial charge in [0.15, 0.2) is 11.6 Å². The first kappa shape index (κ1) is 30.5. The minimum absolute atomic E-state index is 0.0344. The fourth-order valence-electron chi connectivity index (χ4n) is 4.10. The third kappa shape index (κ3) is 7.65. The Bertz CT molecular complexity index is 1570. The summed E-state index contributed by atoms with van der Waals surface area (Å²) in [6.07, 6.45) is -7.26. The van der Waals surface area contributed by atoms with E-state index in [2.05, 4.69) is 16.4 Å². The van der Waals surface area contributed by atoms with E-state index in [1.807, 2.05) is 24.3 Å². The summed E-state index contributed by atoms with van der Waals surface area (Å²) in [6.45, 7) is 2.05. The first-order valence-corrected chi connectivity index (χ1v) is 12.4. The highest BCUT2D eigenvalue weighted by Crippen LogP contribution is 2.33. The quantitative estimate of drug-likeness (QED) is 0.179. The highest BCUT2D eigenvalue weighted by Gasteiger charge is 2.33. The molecule has 4 aromatic rings. The van der Waals surface area contributed by atoms with Crippen molar-refractivity contribution in [2.45, 2.75) is 32.2 Å². The van der Waals surface area contributed by atoms with Crippen LogP contribution in [0.3, 0.4) is 0 Å². The van der Waals surface area contributed by atoms with E-state index >= 15 is 0 Å². The lowest BCUT2D eigenvalue weighted by Gasteiger charge is -2.16. The van der Waals surface area contributed by atoms with Gasteiger partial charge in [-0.15, -0.1) is 13.2 Å². The molecule has 0 amide bonds. The molecular weight excluding hydrogens is 575 g/mol. The summed E-state index contributed by atoms with van der Waals surface area (Å²) in [5, 5.41) is 0. The Kier molecular flexibility index (Phi) is 8.89. The molecule has 0 fully saturated rings. The van der Waals surface area contributed by atoms with Crippen LogP contribution in [-0.4, -0.2) is 12.5 Å². The van der Waals surface area contributed by atoms with Crippen LogP contribution in [-0.2, 0) is 6.42 Å². The van der Waals surface area contributed by atoms with Crippen LogP contribution in [0.25, 0.3) is 28.3 Å². The van der Waals surface area contributed by atoms with Gasteiger partial charge in [0.05, 0.1) is 0 Å². The smallest absolute Gasteiger partial charge is 0.429 e. The molecule has 0 aliphatic heterocycles. The molecule has 0 saturated heterocycles. The van der Waals surface area contributed by atoms with Crippen LogP contribution >= 0.6 is 0 Å². The summed E-state index contributed by atoms with van der Waals surface area (Å²) in [7, 11) is 0. The predicted octanol–water partition coefficient (Wildman–Crippen LogP) is 10.1. The van der Waals surface area contributed by atoms with E-state index in [4.69, 9.17) is 0 Å². The molecule has 0 saturated carbocycles. The third-order valence-corrected chi connectivity index (χ3v) is 6.01. The molecule has 0 unspecified atom stereocenters. The van der Waals surface area contributed by atoms with Gasteiger partial charge in [-0.05, 0) is 65.1 Å². The van der Waals surface area contributed by atoms with Gasteiger partial charge in [0.1, 0.15) is 23.2 Å². The average molecular weight is 596 g/mol. The fourth-order valence-corrected chi connectivity index (χ4v) is 4.10. The maximum Gasteiger partial charge on any atom is 0.573 e. The van der Waals surface area contributed by atoms with Crippen LogP contribution in [0.1, 0.15) is 24.5 Å². The highest BCUT2D eigenvalue weighted by molar-refractivity contribution is 5.72. The van der Waals surface area contributed by atoms with Gasteiger partial charge in [-0.1, -0.05) is 49.7 Å². The van der Waals surface area contributed by atoms with Gasteiger partial charge in [0.25, 0.3) is 0 Å². The molecule has 0 aliphatic rings. The Labute approximate surface area is 234 Å². The van der Waals surface area contributed by atoms with Crippen LogP contribution in [0.4, 0.5) is 39.5 Å². The number of aryl methyl sites for hydroxylation is 1. The average Bonchev–Trinajstić information content (AvgIpc) is 2.89. The van der Waals surface area contributed by atoms with E-state index < -0.39 is 52.8 Å². The SMILES string of the molecule is CCCc1ccc(-c2ccc(-c3cc(F)c(C=CC(F)(F)Oc4ccc(OC(F)(F)F)c(F)c4)c(F)c3)c(F)c2)cc1. The molecule has 0 atom stereocenters. The Hall–Kier alpha value is -4.41. The number of benzene rings is 4. The summed E-state index contributed by atoms with van der Waals surface area (Å²) in [6, 6.07) is 14.5. The molecule has 2 nitrogen and oxygen atoms in total. The van der Waals surface area contributed by atoms with Crippen LogP contribution in [0.2, 0.25) is 0 Å². The summed E-state index contributed by atoms with van der Waals surface area (Å²) in [5.74, 6) is -7.12. The molecule has 4 aromatic carbocycles. The monoisotopic (exact) mass is 596 g/mol. The molecule has 0 aliphatic carbocycles. The van der Waals surface area contributed by atoms with E-state index in [-0.39, 0.29) is 23.3 Å². The zero-order chi connectivity index (χ0) is 30.7. The fraction of sp³-hybridized carbons (Fsp3) is 0.161. The van der Waals surface area contributed by atoms with Crippen molar-refractivity contribution in [3.05, 3.63) is 113 Å². The first-order chi connectivity index (χ1) is 19.7. The van der Waals surface area contributed by atoms with Crippen molar-refractivity contribution in [2.75, 3.05) is 0 Å². The summed E-state index contributed by atoms with van der Waals surface area (Å²) in [4.78, 5) is 0. The molecule has 0 spiro atoms. The maximum absolute atomic E-state index is 15.0. The number of rotatable bonds is 9. The van der Waals surface area contributed by atoms with Crippen molar-refractivity contribution in [3.63, 3.8) is 0 Å². The highest BCUT2D eigenvalue weighted by atomic mass is 19.4. The second-order valence-corrected chi connectivity index (χ2v) is 9.13. The molecule has 0 heterocycles.